The quantitative estimate of drug-likeness (QED) is 0.904. The lowest BCUT2D eigenvalue weighted by atomic mass is 9.96. The van der Waals surface area contributed by atoms with E-state index in [2.05, 4.69) is 52.0 Å². The fourth-order valence-electron chi connectivity index (χ4n) is 2.54. The number of nitrogens with zero attached hydrogens (tertiary/aromatic N) is 1. The van der Waals surface area contributed by atoms with Crippen LogP contribution in [0, 0.1) is 5.92 Å². The Morgan fingerprint density at radius 2 is 2.25 bits per heavy atom. The number of nitrogens with two attached hydrogens (primary N) is 1. The maximum absolute atomic E-state index is 6.05. The van der Waals surface area contributed by atoms with Gasteiger partial charge in [-0.25, -0.2) is 0 Å². The van der Waals surface area contributed by atoms with E-state index in [-0.39, 0.29) is 0 Å². The molecule has 0 bridgehead atoms. The first-order valence-corrected chi connectivity index (χ1v) is 6.65. The van der Waals surface area contributed by atoms with E-state index in [1.807, 2.05) is 0 Å². The van der Waals surface area contributed by atoms with Gasteiger partial charge in [0.1, 0.15) is 0 Å². The molecule has 0 radical (unpaired) electrons. The normalized spacial score (nSPS) is 26.9. The lowest BCUT2D eigenvalue weighted by molar-refractivity contribution is 0.158. The molecule has 2 atom stereocenters. The first kappa shape index (κ1) is 12.1. The van der Waals surface area contributed by atoms with Crippen LogP contribution in [0.2, 0.25) is 0 Å². The SMILES string of the molecule is CC1CC(N)CN(Cc2cccc(Br)c2)C1. The predicted octanol–water partition coefficient (Wildman–Crippen LogP) is 2.62. The van der Waals surface area contributed by atoms with E-state index in [0.29, 0.717) is 6.04 Å². The van der Waals surface area contributed by atoms with Gasteiger partial charge in [0.25, 0.3) is 0 Å². The van der Waals surface area contributed by atoms with Gasteiger partial charge in [0.15, 0.2) is 0 Å². The van der Waals surface area contributed by atoms with Gasteiger partial charge in [-0.3, -0.25) is 4.90 Å². The number of rotatable bonds is 2. The molecule has 2 nitrogen and oxygen atoms in total. The summed E-state index contributed by atoms with van der Waals surface area (Å²) in [7, 11) is 0. The third-order valence-corrected chi connectivity index (χ3v) is 3.56. The van der Waals surface area contributed by atoms with Crippen LogP contribution in [0.5, 0.6) is 0 Å². The summed E-state index contributed by atoms with van der Waals surface area (Å²) in [6.45, 7) is 5.49. The molecule has 1 aromatic carbocycles. The minimum Gasteiger partial charge on any atom is -0.327 e. The number of benzene rings is 1. The van der Waals surface area contributed by atoms with Gasteiger partial charge in [0.2, 0.25) is 0 Å². The Morgan fingerprint density at radius 1 is 1.44 bits per heavy atom. The highest BCUT2D eigenvalue weighted by atomic mass is 79.9. The lowest BCUT2D eigenvalue weighted by Gasteiger charge is -2.34. The molecule has 0 saturated carbocycles. The van der Waals surface area contributed by atoms with Crippen molar-refractivity contribution in [3.05, 3.63) is 34.3 Å². The van der Waals surface area contributed by atoms with Crippen molar-refractivity contribution < 1.29 is 0 Å². The van der Waals surface area contributed by atoms with Gasteiger partial charge < -0.3 is 5.73 Å². The van der Waals surface area contributed by atoms with Crippen molar-refractivity contribution in [1.82, 2.24) is 4.90 Å². The molecule has 0 aromatic heterocycles. The van der Waals surface area contributed by atoms with Crippen LogP contribution < -0.4 is 5.73 Å². The number of likely N-dealkylation sites (tertiary alicyclic amines) is 1. The Hall–Kier alpha value is -0.380. The highest BCUT2D eigenvalue weighted by Gasteiger charge is 2.21. The molecule has 1 aromatic rings. The Morgan fingerprint density at radius 3 is 2.94 bits per heavy atom. The van der Waals surface area contributed by atoms with Crippen molar-refractivity contribution in [2.75, 3.05) is 13.1 Å². The van der Waals surface area contributed by atoms with Crippen LogP contribution in [0.4, 0.5) is 0 Å². The molecule has 1 aliphatic heterocycles. The van der Waals surface area contributed by atoms with E-state index in [4.69, 9.17) is 5.73 Å². The van der Waals surface area contributed by atoms with Crippen LogP contribution in [-0.4, -0.2) is 24.0 Å². The van der Waals surface area contributed by atoms with Crippen LogP contribution in [-0.2, 0) is 6.54 Å². The Bertz CT molecular complexity index is 344. The average Bonchev–Trinajstić information content (AvgIpc) is 2.15. The van der Waals surface area contributed by atoms with E-state index in [1.165, 1.54) is 12.1 Å². The monoisotopic (exact) mass is 282 g/mol. The third-order valence-electron chi connectivity index (χ3n) is 3.06. The molecule has 2 unspecified atom stereocenters. The zero-order valence-corrected chi connectivity index (χ0v) is 11.3. The first-order valence-electron chi connectivity index (χ1n) is 5.86. The minimum absolute atomic E-state index is 0.343. The number of piperidine rings is 1. The van der Waals surface area contributed by atoms with Crippen molar-refractivity contribution in [3.63, 3.8) is 0 Å². The largest absolute Gasteiger partial charge is 0.327 e. The summed E-state index contributed by atoms with van der Waals surface area (Å²) in [6, 6.07) is 8.86. The molecular formula is C13H19BrN2. The van der Waals surface area contributed by atoms with Crippen molar-refractivity contribution >= 4 is 15.9 Å². The predicted molar refractivity (Wildman–Crippen MR) is 71.2 cm³/mol. The summed E-state index contributed by atoms with van der Waals surface area (Å²) in [5.74, 6) is 0.718. The first-order chi connectivity index (χ1) is 7.63. The molecule has 1 heterocycles. The maximum Gasteiger partial charge on any atom is 0.0234 e. The van der Waals surface area contributed by atoms with E-state index >= 15 is 0 Å². The Balaban J connectivity index is 1.98. The molecule has 1 aliphatic rings. The summed E-state index contributed by atoms with van der Waals surface area (Å²) in [4.78, 5) is 2.46. The molecule has 2 rings (SSSR count). The van der Waals surface area contributed by atoms with Crippen LogP contribution in [0.3, 0.4) is 0 Å². The molecule has 0 spiro atoms. The van der Waals surface area contributed by atoms with Gasteiger partial charge in [-0.1, -0.05) is 35.0 Å². The topological polar surface area (TPSA) is 29.3 Å². The van der Waals surface area contributed by atoms with Gasteiger partial charge in [0, 0.05) is 30.1 Å². The number of hydrogen-bond acceptors (Lipinski definition) is 2. The minimum atomic E-state index is 0.343. The van der Waals surface area contributed by atoms with E-state index in [1.54, 1.807) is 0 Å². The second-order valence-electron chi connectivity index (χ2n) is 4.92. The molecule has 0 aliphatic carbocycles. The molecule has 2 N–H and O–H groups in total. The van der Waals surface area contributed by atoms with Gasteiger partial charge in [-0.05, 0) is 30.0 Å². The van der Waals surface area contributed by atoms with Crippen molar-refractivity contribution in [2.45, 2.75) is 25.9 Å². The van der Waals surface area contributed by atoms with E-state index < -0.39 is 0 Å². The van der Waals surface area contributed by atoms with Crippen molar-refractivity contribution in [2.24, 2.45) is 11.7 Å². The van der Waals surface area contributed by atoms with E-state index in [9.17, 15) is 0 Å². The number of hydrogen-bond donors (Lipinski definition) is 1. The molecular weight excluding hydrogens is 264 g/mol. The van der Waals surface area contributed by atoms with Gasteiger partial charge >= 0.3 is 0 Å². The summed E-state index contributed by atoms with van der Waals surface area (Å²) in [5, 5.41) is 0. The van der Waals surface area contributed by atoms with Crippen LogP contribution >= 0.6 is 15.9 Å². The summed E-state index contributed by atoms with van der Waals surface area (Å²) < 4.78 is 1.15. The fourth-order valence-corrected chi connectivity index (χ4v) is 2.98. The van der Waals surface area contributed by atoms with Gasteiger partial charge in [0.05, 0.1) is 0 Å². The van der Waals surface area contributed by atoms with Crippen LogP contribution in [0.25, 0.3) is 0 Å². The molecule has 1 saturated heterocycles. The second-order valence-corrected chi connectivity index (χ2v) is 5.84. The zero-order valence-electron chi connectivity index (χ0n) is 9.70. The van der Waals surface area contributed by atoms with Crippen molar-refractivity contribution in [1.29, 1.82) is 0 Å². The maximum atomic E-state index is 6.05. The van der Waals surface area contributed by atoms with Gasteiger partial charge in [-0.2, -0.15) is 0 Å². The van der Waals surface area contributed by atoms with Crippen molar-refractivity contribution in [3.8, 4) is 0 Å². The Labute approximate surface area is 106 Å². The third kappa shape index (κ3) is 3.30. The van der Waals surface area contributed by atoms with Crippen LogP contribution in [0.15, 0.2) is 28.7 Å². The van der Waals surface area contributed by atoms with E-state index in [0.717, 1.165) is 29.9 Å². The average molecular weight is 283 g/mol. The molecule has 88 valence electrons. The Kier molecular flexibility index (Phi) is 4.00. The highest BCUT2D eigenvalue weighted by Crippen LogP contribution is 2.19. The second kappa shape index (κ2) is 5.30. The molecule has 3 heteroatoms. The molecule has 0 amide bonds. The van der Waals surface area contributed by atoms with Gasteiger partial charge in [-0.15, -0.1) is 0 Å². The summed E-state index contributed by atoms with van der Waals surface area (Å²) in [5.41, 5.74) is 7.41. The van der Waals surface area contributed by atoms with Crippen LogP contribution in [0.1, 0.15) is 18.9 Å². The molecule has 1 fully saturated rings. The number of halogens is 1. The highest BCUT2D eigenvalue weighted by molar-refractivity contribution is 9.10. The molecule has 16 heavy (non-hydrogen) atoms. The summed E-state index contributed by atoms with van der Waals surface area (Å²) >= 11 is 3.51. The summed E-state index contributed by atoms with van der Waals surface area (Å²) in [6.07, 6.45) is 1.16. The standard InChI is InChI=1S/C13H19BrN2/c1-10-5-13(15)9-16(7-10)8-11-3-2-4-12(14)6-11/h2-4,6,10,13H,5,7-9,15H2,1H3. The zero-order chi connectivity index (χ0) is 11.5. The fraction of sp³-hybridized carbons (Fsp3) is 0.538. The lowest BCUT2D eigenvalue weighted by Crippen LogP contribution is -2.45. The smallest absolute Gasteiger partial charge is 0.0234 e.